The van der Waals surface area contributed by atoms with E-state index in [9.17, 15) is 0 Å². The van der Waals surface area contributed by atoms with Crippen LogP contribution in [0, 0.1) is 6.92 Å². The summed E-state index contributed by atoms with van der Waals surface area (Å²) in [4.78, 5) is 0. The first-order chi connectivity index (χ1) is 3.83. The van der Waals surface area contributed by atoms with E-state index < -0.39 is 0 Å². The van der Waals surface area contributed by atoms with Gasteiger partial charge in [0, 0.05) is 5.10 Å². The van der Waals surface area contributed by atoms with Gasteiger partial charge in [0.25, 0.3) is 5.51 Å². The summed E-state index contributed by atoms with van der Waals surface area (Å²) in [7, 11) is 0. The van der Waals surface area contributed by atoms with Gasteiger partial charge in [0.15, 0.2) is 11.6 Å². The van der Waals surface area contributed by atoms with Crippen LogP contribution in [0.4, 0.5) is 0 Å². The molecule has 0 bridgehead atoms. The van der Waals surface area contributed by atoms with Crippen molar-refractivity contribution in [2.75, 3.05) is 0 Å². The van der Waals surface area contributed by atoms with Gasteiger partial charge in [-0.25, -0.2) is 0 Å². The zero-order chi connectivity index (χ0) is 5.98. The normalized spacial score (nSPS) is 8.67. The van der Waals surface area contributed by atoms with E-state index in [1.807, 2.05) is 17.1 Å². The predicted molar refractivity (Wildman–Crippen MR) is 32.7 cm³/mol. The summed E-state index contributed by atoms with van der Waals surface area (Å²) in [6, 6.07) is 0. The Morgan fingerprint density at radius 2 is 2.44 bits per heavy atom. The molecule has 4 heteroatoms. The van der Waals surface area contributed by atoms with Crippen molar-refractivity contribution in [3.05, 3.63) is 10.5 Å². The number of halogens is 1. The van der Waals surface area contributed by atoms with Crippen LogP contribution in [0.3, 0.4) is 0 Å². The number of aryl methyl sites for hydroxylation is 2. The molecule has 1 aromatic rings. The highest BCUT2D eigenvalue weighted by Gasteiger charge is 1.99. The molecule has 0 spiro atoms. The molecule has 52 valence electrons. The van der Waals surface area contributed by atoms with Crippen molar-refractivity contribution in [3.63, 3.8) is 0 Å². The van der Waals surface area contributed by atoms with E-state index in [-0.39, 0.29) is 12.4 Å². The molecule has 0 aliphatic heterocycles. The molecular formula is C5H9ClN2S. The van der Waals surface area contributed by atoms with Crippen LogP contribution in [0.15, 0.2) is 5.51 Å². The lowest BCUT2D eigenvalue weighted by molar-refractivity contribution is -0.746. The first-order valence-corrected chi connectivity index (χ1v) is 3.52. The van der Waals surface area contributed by atoms with Gasteiger partial charge >= 0.3 is 0 Å². The second kappa shape index (κ2) is 3.80. The van der Waals surface area contributed by atoms with Crippen molar-refractivity contribution in [3.8, 4) is 0 Å². The molecule has 0 atom stereocenters. The van der Waals surface area contributed by atoms with Crippen molar-refractivity contribution in [2.45, 2.75) is 20.4 Å². The van der Waals surface area contributed by atoms with Crippen LogP contribution in [0.1, 0.15) is 11.9 Å². The molecule has 0 aliphatic carbocycles. The molecule has 0 N–H and O–H groups in total. The van der Waals surface area contributed by atoms with Crippen LogP contribution >= 0.6 is 11.3 Å². The van der Waals surface area contributed by atoms with Crippen LogP contribution in [-0.2, 0) is 6.54 Å². The lowest BCUT2D eigenvalue weighted by atomic mass is 10.8. The minimum atomic E-state index is 0. The van der Waals surface area contributed by atoms with Gasteiger partial charge in [-0.3, -0.25) is 0 Å². The van der Waals surface area contributed by atoms with Gasteiger partial charge in [0.2, 0.25) is 0 Å². The summed E-state index contributed by atoms with van der Waals surface area (Å²) >= 11 is 1.68. The quantitative estimate of drug-likeness (QED) is 0.429. The molecule has 2 nitrogen and oxygen atoms in total. The van der Waals surface area contributed by atoms with Crippen LogP contribution < -0.4 is 17.1 Å². The minimum absolute atomic E-state index is 0. The highest BCUT2D eigenvalue weighted by atomic mass is 35.5. The molecule has 0 radical (unpaired) electrons. The van der Waals surface area contributed by atoms with Gasteiger partial charge < -0.3 is 12.4 Å². The zero-order valence-corrected chi connectivity index (χ0v) is 7.04. The summed E-state index contributed by atoms with van der Waals surface area (Å²) in [5.41, 5.74) is 2.02. The van der Waals surface area contributed by atoms with Crippen LogP contribution in [0.5, 0.6) is 0 Å². The average molecular weight is 165 g/mol. The fourth-order valence-corrected chi connectivity index (χ4v) is 1.13. The number of hydrogen-bond donors (Lipinski definition) is 0. The molecule has 0 saturated carbocycles. The Hall–Kier alpha value is -0.150. The Labute approximate surface area is 64.9 Å². The predicted octanol–water partition coefficient (Wildman–Crippen LogP) is -2.24. The Morgan fingerprint density at radius 1 is 1.78 bits per heavy atom. The minimum Gasteiger partial charge on any atom is -1.00 e. The highest BCUT2D eigenvalue weighted by molar-refractivity contribution is 7.08. The van der Waals surface area contributed by atoms with E-state index in [0.717, 1.165) is 11.6 Å². The fraction of sp³-hybridized carbons (Fsp3) is 0.600. The Balaban J connectivity index is 0.000000640. The molecule has 0 amide bonds. The molecule has 1 aromatic heterocycles. The first-order valence-electron chi connectivity index (χ1n) is 2.64. The van der Waals surface area contributed by atoms with Crippen LogP contribution in [0.25, 0.3) is 0 Å². The van der Waals surface area contributed by atoms with Crippen molar-refractivity contribution in [1.29, 1.82) is 0 Å². The van der Waals surface area contributed by atoms with Crippen molar-refractivity contribution in [1.82, 2.24) is 5.10 Å². The van der Waals surface area contributed by atoms with E-state index in [2.05, 4.69) is 12.0 Å². The third kappa shape index (κ3) is 2.28. The van der Waals surface area contributed by atoms with Gasteiger partial charge in [0.1, 0.15) is 0 Å². The monoisotopic (exact) mass is 164 g/mol. The summed E-state index contributed by atoms with van der Waals surface area (Å²) < 4.78 is 1.93. The van der Waals surface area contributed by atoms with Crippen molar-refractivity contribution in [2.24, 2.45) is 0 Å². The van der Waals surface area contributed by atoms with Gasteiger partial charge in [-0.05, 0) is 13.8 Å². The molecule has 1 rings (SSSR count). The maximum absolute atomic E-state index is 4.16. The third-order valence-electron chi connectivity index (χ3n) is 0.938. The smallest absolute Gasteiger partial charge is 0.253 e. The molecule has 0 aromatic carbocycles. The van der Waals surface area contributed by atoms with Crippen LogP contribution in [0.2, 0.25) is 0 Å². The lowest BCUT2D eigenvalue weighted by Gasteiger charge is -1.72. The Morgan fingerprint density at radius 3 is 2.67 bits per heavy atom. The molecule has 0 aliphatic rings. The average Bonchev–Trinajstić information content (AvgIpc) is 2.14. The summed E-state index contributed by atoms with van der Waals surface area (Å²) in [6.45, 7) is 5.07. The van der Waals surface area contributed by atoms with E-state index in [4.69, 9.17) is 0 Å². The number of nitrogens with zero attached hydrogens (tertiary/aromatic N) is 2. The second-order valence-corrected chi connectivity index (χ2v) is 2.64. The largest absolute Gasteiger partial charge is 1.00 e. The molecule has 0 unspecified atom stereocenters. The standard InChI is InChI=1S/C5H9N2S.ClH/c1-3-7-4-8-5(2)6-7;/h4H,3H2,1-2H3;1H/q+1;/p-1. The van der Waals surface area contributed by atoms with E-state index in [1.54, 1.807) is 11.3 Å². The molecule has 1 heterocycles. The molecule has 9 heavy (non-hydrogen) atoms. The highest BCUT2D eigenvalue weighted by Crippen LogP contribution is 1.94. The van der Waals surface area contributed by atoms with Gasteiger partial charge in [-0.1, -0.05) is 16.0 Å². The second-order valence-electron chi connectivity index (χ2n) is 1.60. The zero-order valence-electron chi connectivity index (χ0n) is 5.47. The maximum Gasteiger partial charge on any atom is 0.253 e. The van der Waals surface area contributed by atoms with E-state index in [1.165, 1.54) is 0 Å². The third-order valence-corrected chi connectivity index (χ3v) is 1.71. The molecule has 0 saturated heterocycles. The number of rotatable bonds is 1. The summed E-state index contributed by atoms with van der Waals surface area (Å²) in [5, 5.41) is 5.30. The lowest BCUT2D eigenvalue weighted by Crippen LogP contribution is -3.00. The molecule has 0 fully saturated rings. The van der Waals surface area contributed by atoms with Crippen molar-refractivity contribution < 1.29 is 17.1 Å². The fourth-order valence-electron chi connectivity index (χ4n) is 0.510. The summed E-state index contributed by atoms with van der Waals surface area (Å²) in [5.74, 6) is 0. The van der Waals surface area contributed by atoms with E-state index >= 15 is 0 Å². The first kappa shape index (κ1) is 8.85. The van der Waals surface area contributed by atoms with Crippen molar-refractivity contribution >= 4 is 11.3 Å². The van der Waals surface area contributed by atoms with Gasteiger partial charge in [0.05, 0.1) is 0 Å². The van der Waals surface area contributed by atoms with Gasteiger partial charge in [-0.15, -0.1) is 0 Å². The number of aromatic nitrogens is 2. The Kier molecular flexibility index (Phi) is 3.73. The SMILES string of the molecule is CC[n+]1csc(C)n1.[Cl-]. The summed E-state index contributed by atoms with van der Waals surface area (Å²) in [6.07, 6.45) is 0. The molecular weight excluding hydrogens is 156 g/mol. The van der Waals surface area contributed by atoms with Crippen LogP contribution in [-0.4, -0.2) is 5.10 Å². The Bertz CT molecular complexity index is 175. The van der Waals surface area contributed by atoms with E-state index in [0.29, 0.717) is 0 Å². The number of hydrogen-bond acceptors (Lipinski definition) is 2. The van der Waals surface area contributed by atoms with Gasteiger partial charge in [-0.2, -0.15) is 0 Å². The topological polar surface area (TPSA) is 16.8 Å². The maximum atomic E-state index is 4.16.